The van der Waals surface area contributed by atoms with Gasteiger partial charge >= 0.3 is 0 Å². The standard InChI is InChI=1S/C18H26N2O2/c1-14(21)16-9-10-19(12-16)13-18(22)20(17-7-8-17)11-15-5-3-2-4-6-15/h2-6,14,16-17,21H,7-13H2,1H3. The van der Waals surface area contributed by atoms with E-state index < -0.39 is 0 Å². The molecule has 1 saturated heterocycles. The van der Waals surface area contributed by atoms with Crippen LogP contribution in [0.25, 0.3) is 0 Å². The summed E-state index contributed by atoms with van der Waals surface area (Å²) in [6.07, 6.45) is 2.99. The smallest absolute Gasteiger partial charge is 0.237 e. The summed E-state index contributed by atoms with van der Waals surface area (Å²) in [6, 6.07) is 10.7. The van der Waals surface area contributed by atoms with E-state index in [1.54, 1.807) is 0 Å². The summed E-state index contributed by atoms with van der Waals surface area (Å²) in [5.74, 6) is 0.550. The van der Waals surface area contributed by atoms with Crippen molar-refractivity contribution in [2.45, 2.75) is 44.9 Å². The summed E-state index contributed by atoms with van der Waals surface area (Å²) >= 11 is 0. The third kappa shape index (κ3) is 3.87. The second-order valence-electron chi connectivity index (χ2n) is 6.76. The average Bonchev–Trinajstić information content (AvgIpc) is 3.24. The molecule has 1 heterocycles. The molecule has 1 aliphatic carbocycles. The van der Waals surface area contributed by atoms with Gasteiger partial charge in [-0.25, -0.2) is 0 Å². The summed E-state index contributed by atoms with van der Waals surface area (Å²) in [5.41, 5.74) is 1.20. The Bertz CT molecular complexity index is 499. The largest absolute Gasteiger partial charge is 0.393 e. The van der Waals surface area contributed by atoms with Crippen molar-refractivity contribution in [2.24, 2.45) is 5.92 Å². The molecular formula is C18H26N2O2. The van der Waals surface area contributed by atoms with Crippen LogP contribution in [0.4, 0.5) is 0 Å². The minimum Gasteiger partial charge on any atom is -0.393 e. The molecule has 1 N–H and O–H groups in total. The summed E-state index contributed by atoms with van der Waals surface area (Å²) in [6.45, 7) is 4.82. The molecule has 2 atom stereocenters. The first-order valence-corrected chi connectivity index (χ1v) is 8.37. The molecular weight excluding hydrogens is 276 g/mol. The molecule has 0 radical (unpaired) electrons. The monoisotopic (exact) mass is 302 g/mol. The number of amides is 1. The summed E-state index contributed by atoms with van der Waals surface area (Å²) in [4.78, 5) is 16.9. The number of carbonyl (C=O) groups excluding carboxylic acids is 1. The van der Waals surface area contributed by atoms with Gasteiger partial charge in [-0.1, -0.05) is 30.3 Å². The number of aliphatic hydroxyl groups excluding tert-OH is 1. The molecule has 4 nitrogen and oxygen atoms in total. The van der Waals surface area contributed by atoms with Gasteiger partial charge in [-0.2, -0.15) is 0 Å². The van der Waals surface area contributed by atoms with Crippen molar-refractivity contribution < 1.29 is 9.90 Å². The second-order valence-corrected chi connectivity index (χ2v) is 6.76. The van der Waals surface area contributed by atoms with Gasteiger partial charge in [0.05, 0.1) is 12.6 Å². The maximum absolute atomic E-state index is 12.7. The van der Waals surface area contributed by atoms with Crippen molar-refractivity contribution in [3.63, 3.8) is 0 Å². The zero-order valence-corrected chi connectivity index (χ0v) is 13.3. The highest BCUT2D eigenvalue weighted by molar-refractivity contribution is 5.79. The molecule has 1 amide bonds. The fraction of sp³-hybridized carbons (Fsp3) is 0.611. The molecule has 22 heavy (non-hydrogen) atoms. The van der Waals surface area contributed by atoms with Crippen molar-refractivity contribution in [1.82, 2.24) is 9.80 Å². The Morgan fingerprint density at radius 2 is 2.05 bits per heavy atom. The lowest BCUT2D eigenvalue weighted by Gasteiger charge is -2.25. The topological polar surface area (TPSA) is 43.8 Å². The highest BCUT2D eigenvalue weighted by atomic mass is 16.3. The van der Waals surface area contributed by atoms with Gasteiger partial charge in [-0.15, -0.1) is 0 Å². The fourth-order valence-corrected chi connectivity index (χ4v) is 3.27. The van der Waals surface area contributed by atoms with E-state index in [9.17, 15) is 9.90 Å². The zero-order valence-electron chi connectivity index (χ0n) is 13.3. The van der Waals surface area contributed by atoms with E-state index in [2.05, 4.69) is 17.0 Å². The van der Waals surface area contributed by atoms with E-state index in [1.165, 1.54) is 5.56 Å². The van der Waals surface area contributed by atoms with Crippen LogP contribution in [0.3, 0.4) is 0 Å². The number of aliphatic hydroxyl groups is 1. The van der Waals surface area contributed by atoms with E-state index in [0.29, 0.717) is 18.5 Å². The van der Waals surface area contributed by atoms with Gasteiger partial charge < -0.3 is 10.0 Å². The summed E-state index contributed by atoms with van der Waals surface area (Å²) in [5, 5.41) is 9.68. The Morgan fingerprint density at radius 3 is 2.64 bits per heavy atom. The van der Waals surface area contributed by atoms with E-state index >= 15 is 0 Å². The minimum atomic E-state index is -0.274. The van der Waals surface area contributed by atoms with Crippen LogP contribution in [-0.4, -0.2) is 52.6 Å². The van der Waals surface area contributed by atoms with Crippen LogP contribution < -0.4 is 0 Å². The van der Waals surface area contributed by atoms with Gasteiger partial charge in [0.15, 0.2) is 0 Å². The van der Waals surface area contributed by atoms with Crippen LogP contribution in [-0.2, 0) is 11.3 Å². The predicted octanol–water partition coefficient (Wildman–Crippen LogP) is 1.88. The molecule has 1 aromatic carbocycles. The van der Waals surface area contributed by atoms with Crippen molar-refractivity contribution in [3.8, 4) is 0 Å². The lowest BCUT2D eigenvalue weighted by molar-refractivity contribution is -0.133. The number of rotatable bonds is 6. The van der Waals surface area contributed by atoms with Crippen LogP contribution >= 0.6 is 0 Å². The van der Waals surface area contributed by atoms with Gasteiger partial charge in [0, 0.05) is 19.1 Å². The van der Waals surface area contributed by atoms with Crippen LogP contribution in [0.2, 0.25) is 0 Å². The van der Waals surface area contributed by atoms with E-state index in [-0.39, 0.29) is 12.0 Å². The third-order valence-electron chi connectivity index (χ3n) is 4.85. The Balaban J connectivity index is 1.57. The van der Waals surface area contributed by atoms with E-state index in [1.807, 2.05) is 30.0 Å². The lowest BCUT2D eigenvalue weighted by atomic mass is 10.0. The summed E-state index contributed by atoms with van der Waals surface area (Å²) in [7, 11) is 0. The first kappa shape index (κ1) is 15.5. The minimum absolute atomic E-state index is 0.234. The molecule has 3 rings (SSSR count). The van der Waals surface area contributed by atoms with Crippen LogP contribution in [0.15, 0.2) is 30.3 Å². The molecule has 1 saturated carbocycles. The second kappa shape index (κ2) is 6.80. The number of nitrogens with zero attached hydrogens (tertiary/aromatic N) is 2. The SMILES string of the molecule is CC(O)C1CCN(CC(=O)N(Cc2ccccc2)C2CC2)C1. The first-order valence-electron chi connectivity index (χ1n) is 8.37. The van der Waals surface area contributed by atoms with Crippen LogP contribution in [0.1, 0.15) is 31.7 Å². The van der Waals surface area contributed by atoms with Gasteiger partial charge in [0.1, 0.15) is 0 Å². The van der Waals surface area contributed by atoms with Crippen molar-refractivity contribution in [1.29, 1.82) is 0 Å². The Labute approximate surface area is 132 Å². The molecule has 1 aliphatic heterocycles. The molecule has 0 aromatic heterocycles. The maximum atomic E-state index is 12.7. The van der Waals surface area contributed by atoms with Crippen molar-refractivity contribution in [2.75, 3.05) is 19.6 Å². The maximum Gasteiger partial charge on any atom is 0.237 e. The number of hydrogen-bond donors (Lipinski definition) is 1. The van der Waals surface area contributed by atoms with Crippen LogP contribution in [0, 0.1) is 5.92 Å². The highest BCUT2D eigenvalue weighted by Gasteiger charge is 2.34. The molecule has 2 aliphatic rings. The van der Waals surface area contributed by atoms with Gasteiger partial charge in [0.2, 0.25) is 5.91 Å². The molecule has 120 valence electrons. The zero-order chi connectivity index (χ0) is 15.5. The lowest BCUT2D eigenvalue weighted by Crippen LogP contribution is -2.40. The average molecular weight is 302 g/mol. The van der Waals surface area contributed by atoms with Crippen molar-refractivity contribution >= 4 is 5.91 Å². The van der Waals surface area contributed by atoms with Crippen LogP contribution in [0.5, 0.6) is 0 Å². The molecule has 0 spiro atoms. The molecule has 4 heteroatoms. The number of likely N-dealkylation sites (tertiary alicyclic amines) is 1. The Morgan fingerprint density at radius 1 is 1.32 bits per heavy atom. The quantitative estimate of drug-likeness (QED) is 0.872. The van der Waals surface area contributed by atoms with Crippen molar-refractivity contribution in [3.05, 3.63) is 35.9 Å². The number of hydrogen-bond acceptors (Lipinski definition) is 3. The number of carbonyl (C=O) groups is 1. The predicted molar refractivity (Wildman–Crippen MR) is 86.2 cm³/mol. The van der Waals surface area contributed by atoms with E-state index in [0.717, 1.165) is 38.9 Å². The molecule has 0 bridgehead atoms. The van der Waals surface area contributed by atoms with E-state index in [4.69, 9.17) is 0 Å². The third-order valence-corrected chi connectivity index (χ3v) is 4.85. The fourth-order valence-electron chi connectivity index (χ4n) is 3.27. The first-order chi connectivity index (χ1) is 10.6. The molecule has 2 unspecified atom stereocenters. The van der Waals surface area contributed by atoms with Gasteiger partial charge in [-0.05, 0) is 44.2 Å². The normalized spacial score (nSPS) is 23.5. The highest BCUT2D eigenvalue weighted by Crippen LogP contribution is 2.29. The Hall–Kier alpha value is -1.39. The summed E-state index contributed by atoms with van der Waals surface area (Å²) < 4.78 is 0. The molecule has 1 aromatic rings. The Kier molecular flexibility index (Phi) is 4.79. The number of benzene rings is 1. The molecule has 2 fully saturated rings. The van der Waals surface area contributed by atoms with Gasteiger partial charge in [-0.3, -0.25) is 9.69 Å². The van der Waals surface area contributed by atoms with Gasteiger partial charge in [0.25, 0.3) is 0 Å².